The Morgan fingerprint density at radius 2 is 1.45 bits per heavy atom. The van der Waals surface area contributed by atoms with Crippen LogP contribution in [0.4, 0.5) is 0 Å². The third kappa shape index (κ3) is 1.89. The van der Waals surface area contributed by atoms with Crippen LogP contribution in [0.5, 0.6) is 0 Å². The summed E-state index contributed by atoms with van der Waals surface area (Å²) in [5.74, 6) is 0. The smallest absolute Gasteiger partial charge is 0.0482 e. The summed E-state index contributed by atoms with van der Waals surface area (Å²) in [7, 11) is 0. The molecule has 2 aliphatic carbocycles. The van der Waals surface area contributed by atoms with Gasteiger partial charge in [0.2, 0.25) is 0 Å². The minimum absolute atomic E-state index is 1.06. The van der Waals surface area contributed by atoms with Gasteiger partial charge >= 0.3 is 0 Å². The third-order valence-corrected chi connectivity index (χ3v) is 4.66. The summed E-state index contributed by atoms with van der Waals surface area (Å²) in [4.78, 5) is 4.65. The molecule has 100 valence electrons. The first-order valence-electron chi connectivity index (χ1n) is 7.68. The van der Waals surface area contributed by atoms with E-state index in [4.69, 9.17) is 0 Å². The average molecular weight is 261 g/mol. The maximum Gasteiger partial charge on any atom is 0.0482 e. The Bertz CT molecular complexity index is 622. The van der Waals surface area contributed by atoms with Crippen molar-refractivity contribution >= 4 is 11.1 Å². The topological polar surface area (TPSA) is 12.9 Å². The SMILES string of the molecule is c1ccc2c(c1)CCc1ncccc1C1=C2CCCC1. The third-order valence-electron chi connectivity index (χ3n) is 4.66. The summed E-state index contributed by atoms with van der Waals surface area (Å²) in [6.45, 7) is 0. The first-order valence-corrected chi connectivity index (χ1v) is 7.68. The number of hydrogen-bond acceptors (Lipinski definition) is 1. The number of benzene rings is 1. The molecule has 1 nitrogen and oxygen atoms in total. The fraction of sp³-hybridized carbons (Fsp3) is 0.316. The lowest BCUT2D eigenvalue weighted by Gasteiger charge is -2.26. The first kappa shape index (κ1) is 11.9. The average Bonchev–Trinajstić information content (AvgIpc) is 2.52. The molecular formula is C19H19N. The van der Waals surface area contributed by atoms with Gasteiger partial charge in [0.15, 0.2) is 0 Å². The molecular weight excluding hydrogens is 242 g/mol. The van der Waals surface area contributed by atoms with Crippen LogP contribution in [-0.2, 0) is 12.8 Å². The Labute approximate surface area is 120 Å². The van der Waals surface area contributed by atoms with Crippen LogP contribution in [0.2, 0.25) is 0 Å². The minimum atomic E-state index is 1.06. The van der Waals surface area contributed by atoms with E-state index in [1.54, 1.807) is 11.1 Å². The van der Waals surface area contributed by atoms with Gasteiger partial charge in [0.05, 0.1) is 0 Å². The van der Waals surface area contributed by atoms with Gasteiger partial charge in [0.1, 0.15) is 0 Å². The Kier molecular flexibility index (Phi) is 2.91. The second kappa shape index (κ2) is 4.90. The molecule has 0 unspecified atom stereocenters. The molecule has 0 spiro atoms. The Balaban J connectivity index is 2.00. The zero-order valence-electron chi connectivity index (χ0n) is 11.7. The van der Waals surface area contributed by atoms with E-state index in [-0.39, 0.29) is 0 Å². The van der Waals surface area contributed by atoms with Crippen LogP contribution in [0.25, 0.3) is 11.1 Å². The zero-order valence-corrected chi connectivity index (χ0v) is 11.7. The quantitative estimate of drug-likeness (QED) is 0.672. The number of hydrogen-bond donors (Lipinski definition) is 0. The highest BCUT2D eigenvalue weighted by molar-refractivity contribution is 5.93. The van der Waals surface area contributed by atoms with Gasteiger partial charge in [-0.2, -0.15) is 0 Å². The number of rotatable bonds is 0. The van der Waals surface area contributed by atoms with Crippen molar-refractivity contribution < 1.29 is 0 Å². The number of allylic oxidation sites excluding steroid dienone is 2. The van der Waals surface area contributed by atoms with Gasteiger partial charge in [-0.25, -0.2) is 0 Å². The predicted octanol–water partition coefficient (Wildman–Crippen LogP) is 4.67. The van der Waals surface area contributed by atoms with E-state index in [0.717, 1.165) is 12.8 Å². The van der Waals surface area contributed by atoms with E-state index in [9.17, 15) is 0 Å². The highest BCUT2D eigenvalue weighted by Gasteiger charge is 2.22. The fourth-order valence-corrected chi connectivity index (χ4v) is 3.70. The van der Waals surface area contributed by atoms with Crippen LogP contribution in [-0.4, -0.2) is 4.98 Å². The molecule has 0 radical (unpaired) electrons. The van der Waals surface area contributed by atoms with Crippen molar-refractivity contribution in [3.05, 3.63) is 65.0 Å². The van der Waals surface area contributed by atoms with Gasteiger partial charge in [-0.1, -0.05) is 30.3 Å². The van der Waals surface area contributed by atoms with Crippen molar-refractivity contribution in [3.63, 3.8) is 0 Å². The van der Waals surface area contributed by atoms with Gasteiger partial charge < -0.3 is 0 Å². The van der Waals surface area contributed by atoms with E-state index in [1.165, 1.54) is 48.1 Å². The van der Waals surface area contributed by atoms with Gasteiger partial charge in [-0.15, -0.1) is 0 Å². The standard InChI is InChI=1S/C19H19N/c1-2-7-15-14(6-1)11-12-19-18(10-5-13-20-19)17-9-4-3-8-16(15)17/h1-2,5-7,10,13H,3-4,8-9,11-12H2. The molecule has 0 N–H and O–H groups in total. The van der Waals surface area contributed by atoms with Crippen molar-refractivity contribution in [1.29, 1.82) is 0 Å². The molecule has 2 aliphatic rings. The van der Waals surface area contributed by atoms with Crippen molar-refractivity contribution in [3.8, 4) is 0 Å². The van der Waals surface area contributed by atoms with Gasteiger partial charge in [0.25, 0.3) is 0 Å². The van der Waals surface area contributed by atoms with Gasteiger partial charge in [0, 0.05) is 11.9 Å². The fourth-order valence-electron chi connectivity index (χ4n) is 3.70. The molecule has 0 saturated carbocycles. The van der Waals surface area contributed by atoms with Crippen LogP contribution < -0.4 is 0 Å². The summed E-state index contributed by atoms with van der Waals surface area (Å²) >= 11 is 0. The van der Waals surface area contributed by atoms with E-state index in [1.807, 2.05) is 6.20 Å². The van der Waals surface area contributed by atoms with Crippen LogP contribution in [0, 0.1) is 0 Å². The highest BCUT2D eigenvalue weighted by atomic mass is 14.7. The summed E-state index contributed by atoms with van der Waals surface area (Å²) in [6.07, 6.45) is 9.18. The highest BCUT2D eigenvalue weighted by Crippen LogP contribution is 2.41. The molecule has 1 heterocycles. The number of nitrogens with zero attached hydrogens (tertiary/aromatic N) is 1. The second-order valence-corrected chi connectivity index (χ2v) is 5.82. The molecule has 0 aliphatic heterocycles. The predicted molar refractivity (Wildman–Crippen MR) is 83.4 cm³/mol. The largest absolute Gasteiger partial charge is 0.261 e. The molecule has 1 aromatic carbocycles. The molecule has 4 rings (SSSR count). The maximum absolute atomic E-state index is 4.65. The monoisotopic (exact) mass is 261 g/mol. The first-order chi connectivity index (χ1) is 9.93. The molecule has 0 saturated heterocycles. The Morgan fingerprint density at radius 3 is 2.35 bits per heavy atom. The molecule has 1 heteroatoms. The normalized spacial score (nSPS) is 17.6. The number of fused-ring (bicyclic) bond motifs is 4. The van der Waals surface area contributed by atoms with E-state index in [0.29, 0.717) is 0 Å². The lowest BCUT2D eigenvalue weighted by atomic mass is 9.79. The number of aromatic nitrogens is 1. The summed E-state index contributed by atoms with van der Waals surface area (Å²) in [5, 5.41) is 0. The molecule has 0 bridgehead atoms. The zero-order chi connectivity index (χ0) is 13.4. The van der Waals surface area contributed by atoms with Crippen molar-refractivity contribution in [2.75, 3.05) is 0 Å². The van der Waals surface area contributed by atoms with E-state index >= 15 is 0 Å². The molecule has 1 aromatic heterocycles. The Morgan fingerprint density at radius 1 is 0.700 bits per heavy atom. The molecule has 0 amide bonds. The molecule has 2 aromatic rings. The lowest BCUT2D eigenvalue weighted by molar-refractivity contribution is 0.746. The summed E-state index contributed by atoms with van der Waals surface area (Å²) in [6, 6.07) is 13.3. The second-order valence-electron chi connectivity index (χ2n) is 5.82. The van der Waals surface area contributed by atoms with E-state index < -0.39 is 0 Å². The lowest BCUT2D eigenvalue weighted by Crippen LogP contribution is -2.09. The minimum Gasteiger partial charge on any atom is -0.261 e. The van der Waals surface area contributed by atoms with Crippen LogP contribution >= 0.6 is 0 Å². The van der Waals surface area contributed by atoms with Crippen LogP contribution in [0.3, 0.4) is 0 Å². The molecule has 0 atom stereocenters. The summed E-state index contributed by atoms with van der Waals surface area (Å²) in [5.41, 5.74) is 8.84. The number of pyridine rings is 1. The van der Waals surface area contributed by atoms with Crippen molar-refractivity contribution in [2.45, 2.75) is 38.5 Å². The van der Waals surface area contributed by atoms with E-state index in [2.05, 4.69) is 41.4 Å². The number of aryl methyl sites for hydroxylation is 2. The van der Waals surface area contributed by atoms with Crippen LogP contribution in [0.15, 0.2) is 42.6 Å². The molecule has 0 fully saturated rings. The summed E-state index contributed by atoms with van der Waals surface area (Å²) < 4.78 is 0. The maximum atomic E-state index is 4.65. The van der Waals surface area contributed by atoms with Gasteiger partial charge in [-0.05, 0) is 72.4 Å². The van der Waals surface area contributed by atoms with Gasteiger partial charge in [-0.3, -0.25) is 4.98 Å². The molecule has 20 heavy (non-hydrogen) atoms. The van der Waals surface area contributed by atoms with Crippen molar-refractivity contribution in [2.24, 2.45) is 0 Å². The van der Waals surface area contributed by atoms with Crippen molar-refractivity contribution in [1.82, 2.24) is 4.98 Å². The Hall–Kier alpha value is -1.89. The van der Waals surface area contributed by atoms with Crippen LogP contribution in [0.1, 0.15) is 48.1 Å².